The van der Waals surface area contributed by atoms with Gasteiger partial charge in [-0.15, -0.1) is 24.0 Å². The molecule has 124 valence electrons. The standard InChI is InChI=1S/C17H27N3O.HI/c1-2-18-16(19-12-13-21)20-14-17(10-6-7-11-17)15-8-4-3-5-9-15;/h3-5,8-9,21H,2,6-7,10-14H2,1H3,(H2,18,19,20);1H. The molecule has 0 amide bonds. The van der Waals surface area contributed by atoms with Crippen molar-refractivity contribution in [3.05, 3.63) is 35.9 Å². The van der Waals surface area contributed by atoms with E-state index in [1.807, 2.05) is 0 Å². The lowest BCUT2D eigenvalue weighted by Gasteiger charge is -2.28. The van der Waals surface area contributed by atoms with Gasteiger partial charge in [-0.05, 0) is 25.3 Å². The second-order valence-electron chi connectivity index (χ2n) is 5.70. The third kappa shape index (κ3) is 5.12. The van der Waals surface area contributed by atoms with Crippen molar-refractivity contribution in [2.24, 2.45) is 4.99 Å². The van der Waals surface area contributed by atoms with Crippen LogP contribution in [0.1, 0.15) is 38.2 Å². The second kappa shape index (κ2) is 10.0. The summed E-state index contributed by atoms with van der Waals surface area (Å²) in [5.41, 5.74) is 1.59. The largest absolute Gasteiger partial charge is 0.395 e. The van der Waals surface area contributed by atoms with Gasteiger partial charge < -0.3 is 15.7 Å². The number of guanidine groups is 1. The Bertz CT molecular complexity index is 444. The number of aliphatic hydroxyl groups excluding tert-OH is 1. The lowest BCUT2D eigenvalue weighted by atomic mass is 9.79. The maximum Gasteiger partial charge on any atom is 0.191 e. The van der Waals surface area contributed by atoms with Crippen molar-refractivity contribution in [2.75, 3.05) is 26.2 Å². The lowest BCUT2D eigenvalue weighted by molar-refractivity contribution is 0.300. The molecule has 0 bridgehead atoms. The lowest BCUT2D eigenvalue weighted by Crippen LogP contribution is -2.40. The molecule has 5 heteroatoms. The van der Waals surface area contributed by atoms with Crippen molar-refractivity contribution in [3.8, 4) is 0 Å². The first kappa shape index (κ1) is 19.2. The molecule has 1 aliphatic carbocycles. The van der Waals surface area contributed by atoms with Crippen LogP contribution in [0.4, 0.5) is 0 Å². The number of nitrogens with one attached hydrogen (secondary N) is 2. The molecule has 0 saturated heterocycles. The van der Waals surface area contributed by atoms with Gasteiger partial charge >= 0.3 is 0 Å². The number of rotatable bonds is 6. The van der Waals surface area contributed by atoms with Crippen molar-refractivity contribution in [2.45, 2.75) is 38.0 Å². The molecule has 1 saturated carbocycles. The highest BCUT2D eigenvalue weighted by Gasteiger charge is 2.35. The molecule has 0 radical (unpaired) electrons. The first-order valence-corrected chi connectivity index (χ1v) is 7.99. The zero-order valence-corrected chi connectivity index (χ0v) is 15.7. The third-order valence-corrected chi connectivity index (χ3v) is 4.24. The number of aliphatic imine (C=N–C) groups is 1. The highest BCUT2D eigenvalue weighted by atomic mass is 127. The van der Waals surface area contributed by atoms with Crippen molar-refractivity contribution in [1.29, 1.82) is 0 Å². The van der Waals surface area contributed by atoms with Gasteiger partial charge in [-0.3, -0.25) is 4.99 Å². The van der Waals surface area contributed by atoms with E-state index in [2.05, 4.69) is 47.9 Å². The molecule has 1 aliphatic rings. The third-order valence-electron chi connectivity index (χ3n) is 4.24. The fourth-order valence-corrected chi connectivity index (χ4v) is 3.13. The van der Waals surface area contributed by atoms with Gasteiger partial charge in [0.2, 0.25) is 0 Å². The highest BCUT2D eigenvalue weighted by molar-refractivity contribution is 14.0. The first-order valence-electron chi connectivity index (χ1n) is 7.99. The maximum absolute atomic E-state index is 8.95. The zero-order chi connectivity index (χ0) is 15.0. The highest BCUT2D eigenvalue weighted by Crippen LogP contribution is 2.41. The predicted molar refractivity (Wildman–Crippen MR) is 103 cm³/mol. The summed E-state index contributed by atoms with van der Waals surface area (Å²) in [6.45, 7) is 4.34. The van der Waals surface area contributed by atoms with Gasteiger partial charge in [0.1, 0.15) is 0 Å². The molecule has 1 aromatic rings. The van der Waals surface area contributed by atoms with E-state index >= 15 is 0 Å². The van der Waals surface area contributed by atoms with Gasteiger partial charge in [-0.25, -0.2) is 0 Å². The molecule has 3 N–H and O–H groups in total. The van der Waals surface area contributed by atoms with E-state index in [1.54, 1.807) is 0 Å². The quantitative estimate of drug-likeness (QED) is 0.379. The van der Waals surface area contributed by atoms with E-state index in [0.29, 0.717) is 6.54 Å². The molecule has 1 aromatic carbocycles. The smallest absolute Gasteiger partial charge is 0.191 e. The van der Waals surface area contributed by atoms with E-state index < -0.39 is 0 Å². The molecule has 2 rings (SSSR count). The van der Waals surface area contributed by atoms with Crippen molar-refractivity contribution in [3.63, 3.8) is 0 Å². The Morgan fingerprint density at radius 1 is 1.18 bits per heavy atom. The van der Waals surface area contributed by atoms with Crippen LogP contribution in [-0.4, -0.2) is 37.3 Å². The molecule has 4 nitrogen and oxygen atoms in total. The normalized spacial score (nSPS) is 16.9. The predicted octanol–water partition coefficient (Wildman–Crippen LogP) is 2.66. The Hall–Kier alpha value is -0.820. The summed E-state index contributed by atoms with van der Waals surface area (Å²) in [7, 11) is 0. The Kier molecular flexibility index (Phi) is 8.78. The minimum absolute atomic E-state index is 0. The fourth-order valence-electron chi connectivity index (χ4n) is 3.13. The number of benzene rings is 1. The van der Waals surface area contributed by atoms with E-state index in [-0.39, 0.29) is 36.0 Å². The van der Waals surface area contributed by atoms with E-state index in [4.69, 9.17) is 10.1 Å². The van der Waals surface area contributed by atoms with Crippen molar-refractivity contribution < 1.29 is 5.11 Å². The van der Waals surface area contributed by atoms with Crippen LogP contribution in [-0.2, 0) is 5.41 Å². The molecule has 0 aromatic heterocycles. The molecule has 0 spiro atoms. The van der Waals surface area contributed by atoms with Gasteiger partial charge in [-0.2, -0.15) is 0 Å². The van der Waals surface area contributed by atoms with Gasteiger partial charge in [0, 0.05) is 18.5 Å². The minimum atomic E-state index is 0. The van der Waals surface area contributed by atoms with Gasteiger partial charge in [0.25, 0.3) is 0 Å². The van der Waals surface area contributed by atoms with Crippen LogP contribution in [0.5, 0.6) is 0 Å². The summed E-state index contributed by atoms with van der Waals surface area (Å²) in [5.74, 6) is 0.800. The molecule has 1 fully saturated rings. The summed E-state index contributed by atoms with van der Waals surface area (Å²) in [5, 5.41) is 15.3. The van der Waals surface area contributed by atoms with Gasteiger partial charge in [0.15, 0.2) is 5.96 Å². The Labute approximate surface area is 150 Å². The summed E-state index contributed by atoms with van der Waals surface area (Å²) in [6.07, 6.45) is 4.98. The fraction of sp³-hybridized carbons (Fsp3) is 0.588. The number of halogens is 1. The average molecular weight is 417 g/mol. The topological polar surface area (TPSA) is 56.7 Å². The Morgan fingerprint density at radius 2 is 1.86 bits per heavy atom. The maximum atomic E-state index is 8.95. The second-order valence-corrected chi connectivity index (χ2v) is 5.70. The Balaban J connectivity index is 0.00000242. The number of aliphatic hydroxyl groups is 1. The van der Waals surface area contributed by atoms with Crippen LogP contribution in [0.25, 0.3) is 0 Å². The van der Waals surface area contributed by atoms with E-state index in [1.165, 1.54) is 31.2 Å². The molecular weight excluding hydrogens is 389 g/mol. The molecule has 0 heterocycles. The summed E-state index contributed by atoms with van der Waals surface area (Å²) in [6, 6.07) is 10.8. The van der Waals surface area contributed by atoms with E-state index in [0.717, 1.165) is 19.0 Å². The SMILES string of the molecule is CCNC(=NCC1(c2ccccc2)CCCC1)NCCO.I. The molecule has 22 heavy (non-hydrogen) atoms. The summed E-state index contributed by atoms with van der Waals surface area (Å²) < 4.78 is 0. The van der Waals surface area contributed by atoms with E-state index in [9.17, 15) is 0 Å². The molecular formula is C17H28IN3O. The van der Waals surface area contributed by atoms with Crippen LogP contribution in [0.2, 0.25) is 0 Å². The molecule has 0 aliphatic heterocycles. The summed E-state index contributed by atoms with van der Waals surface area (Å²) in [4.78, 5) is 4.76. The molecule has 0 atom stereocenters. The van der Waals surface area contributed by atoms with Gasteiger partial charge in [0.05, 0.1) is 13.2 Å². The monoisotopic (exact) mass is 417 g/mol. The van der Waals surface area contributed by atoms with Crippen LogP contribution in [0.15, 0.2) is 35.3 Å². The number of hydrogen-bond acceptors (Lipinski definition) is 2. The summed E-state index contributed by atoms with van der Waals surface area (Å²) >= 11 is 0. The first-order chi connectivity index (χ1) is 10.3. The zero-order valence-electron chi connectivity index (χ0n) is 13.3. The van der Waals surface area contributed by atoms with Crippen LogP contribution in [0.3, 0.4) is 0 Å². The van der Waals surface area contributed by atoms with Crippen LogP contribution < -0.4 is 10.6 Å². The van der Waals surface area contributed by atoms with Gasteiger partial charge in [-0.1, -0.05) is 43.2 Å². The van der Waals surface area contributed by atoms with Crippen LogP contribution >= 0.6 is 24.0 Å². The Morgan fingerprint density at radius 3 is 2.45 bits per heavy atom. The number of nitrogens with zero attached hydrogens (tertiary/aromatic N) is 1. The van der Waals surface area contributed by atoms with Crippen LogP contribution in [0, 0.1) is 0 Å². The number of hydrogen-bond donors (Lipinski definition) is 3. The van der Waals surface area contributed by atoms with Crippen molar-refractivity contribution >= 4 is 29.9 Å². The van der Waals surface area contributed by atoms with Crippen molar-refractivity contribution in [1.82, 2.24) is 10.6 Å². The average Bonchev–Trinajstić information content (AvgIpc) is 3.01. The minimum Gasteiger partial charge on any atom is -0.395 e. The molecule has 0 unspecified atom stereocenters.